The minimum absolute atomic E-state index is 0.0786. The van der Waals surface area contributed by atoms with E-state index in [1.165, 1.54) is 30.3 Å². The summed E-state index contributed by atoms with van der Waals surface area (Å²) in [5.74, 6) is -0.689. The maximum Gasteiger partial charge on any atom is 0.288 e. The van der Waals surface area contributed by atoms with Gasteiger partial charge in [-0.05, 0) is 24.3 Å². The van der Waals surface area contributed by atoms with Crippen LogP contribution in [0.1, 0.15) is 10.4 Å². The van der Waals surface area contributed by atoms with Crippen molar-refractivity contribution in [2.45, 2.75) is 0 Å². The third-order valence-corrected chi connectivity index (χ3v) is 2.85. The van der Waals surface area contributed by atoms with Gasteiger partial charge < -0.3 is 10.4 Å². The highest BCUT2D eigenvalue weighted by atomic mass is 35.5. The Kier molecular flexibility index (Phi) is 3.86. The summed E-state index contributed by atoms with van der Waals surface area (Å²) in [4.78, 5) is 21.9. The van der Waals surface area contributed by atoms with Gasteiger partial charge in [0, 0.05) is 11.8 Å². The number of halogens is 1. The zero-order chi connectivity index (χ0) is 14.7. The highest BCUT2D eigenvalue weighted by molar-refractivity contribution is 6.33. The fraction of sp³-hybridized carbons (Fsp3) is 0. The van der Waals surface area contributed by atoms with E-state index in [-0.39, 0.29) is 22.0 Å². The Morgan fingerprint density at radius 3 is 2.55 bits per heavy atom. The van der Waals surface area contributed by atoms with E-state index in [4.69, 9.17) is 11.6 Å². The molecule has 0 heterocycles. The van der Waals surface area contributed by atoms with Crippen LogP contribution in [0.3, 0.4) is 0 Å². The van der Waals surface area contributed by atoms with Crippen molar-refractivity contribution < 1.29 is 14.8 Å². The predicted molar refractivity (Wildman–Crippen MR) is 74.2 cm³/mol. The SMILES string of the molecule is O=C(Nc1ccc([N+](=O)[O-])c(Cl)c1)c1ccccc1O. The Morgan fingerprint density at radius 1 is 1.25 bits per heavy atom. The summed E-state index contributed by atoms with van der Waals surface area (Å²) in [6, 6.07) is 9.88. The summed E-state index contributed by atoms with van der Waals surface area (Å²) >= 11 is 5.74. The maximum atomic E-state index is 11.9. The molecular formula is C13H9ClN2O4. The number of hydrogen-bond acceptors (Lipinski definition) is 4. The number of nitro benzene ring substituents is 1. The molecule has 2 N–H and O–H groups in total. The van der Waals surface area contributed by atoms with Gasteiger partial charge in [-0.25, -0.2) is 0 Å². The Bertz CT molecular complexity index is 688. The summed E-state index contributed by atoms with van der Waals surface area (Å²) in [7, 11) is 0. The Labute approximate surface area is 118 Å². The number of nitrogens with one attached hydrogen (secondary N) is 1. The van der Waals surface area contributed by atoms with E-state index in [1.807, 2.05) is 0 Å². The summed E-state index contributed by atoms with van der Waals surface area (Å²) in [6.07, 6.45) is 0. The normalized spacial score (nSPS) is 10.1. The zero-order valence-corrected chi connectivity index (χ0v) is 10.8. The number of amides is 1. The largest absolute Gasteiger partial charge is 0.507 e. The van der Waals surface area contributed by atoms with E-state index in [2.05, 4.69) is 5.32 Å². The number of para-hydroxylation sites is 1. The van der Waals surface area contributed by atoms with Gasteiger partial charge in [0.25, 0.3) is 11.6 Å². The molecule has 0 aliphatic rings. The van der Waals surface area contributed by atoms with Crippen LogP contribution >= 0.6 is 11.6 Å². The Morgan fingerprint density at radius 2 is 1.95 bits per heavy atom. The number of benzene rings is 2. The molecule has 7 heteroatoms. The standard InChI is InChI=1S/C13H9ClN2O4/c14-10-7-8(5-6-11(10)16(19)20)15-13(18)9-3-1-2-4-12(9)17/h1-7,17H,(H,15,18). The topological polar surface area (TPSA) is 92.5 Å². The fourth-order valence-corrected chi connectivity index (χ4v) is 1.85. The summed E-state index contributed by atoms with van der Waals surface area (Å²) in [6.45, 7) is 0. The lowest BCUT2D eigenvalue weighted by Gasteiger charge is -2.07. The number of rotatable bonds is 3. The first-order valence-corrected chi connectivity index (χ1v) is 5.90. The van der Waals surface area contributed by atoms with Crippen LogP contribution in [-0.2, 0) is 0 Å². The third-order valence-electron chi connectivity index (χ3n) is 2.55. The summed E-state index contributed by atoms with van der Waals surface area (Å²) in [5, 5.41) is 22.6. The van der Waals surface area contributed by atoms with Crippen molar-refractivity contribution in [3.05, 3.63) is 63.2 Å². The van der Waals surface area contributed by atoms with Crippen LogP contribution in [0.2, 0.25) is 5.02 Å². The quantitative estimate of drug-likeness (QED) is 0.671. The molecule has 0 aliphatic carbocycles. The molecule has 2 rings (SSSR count). The lowest BCUT2D eigenvalue weighted by molar-refractivity contribution is -0.384. The minimum atomic E-state index is -0.614. The van der Waals surface area contributed by atoms with Gasteiger partial charge in [0.15, 0.2) is 0 Å². The van der Waals surface area contributed by atoms with E-state index in [9.17, 15) is 20.0 Å². The van der Waals surface area contributed by atoms with E-state index < -0.39 is 10.8 Å². The molecule has 6 nitrogen and oxygen atoms in total. The van der Waals surface area contributed by atoms with E-state index in [0.29, 0.717) is 5.69 Å². The third kappa shape index (κ3) is 2.86. The Hall–Kier alpha value is -2.60. The molecule has 0 saturated carbocycles. The first kappa shape index (κ1) is 13.8. The number of aromatic hydroxyl groups is 1. The molecule has 0 aromatic heterocycles. The van der Waals surface area contributed by atoms with E-state index in [0.717, 1.165) is 0 Å². The van der Waals surface area contributed by atoms with Crippen molar-refractivity contribution in [2.75, 3.05) is 5.32 Å². The van der Waals surface area contributed by atoms with Crippen LogP contribution in [0.4, 0.5) is 11.4 Å². The van der Waals surface area contributed by atoms with Crippen molar-refractivity contribution in [3.8, 4) is 5.75 Å². The summed E-state index contributed by atoms with van der Waals surface area (Å²) in [5.41, 5.74) is 0.156. The number of phenolic OH excluding ortho intramolecular Hbond substituents is 1. The van der Waals surface area contributed by atoms with Crippen molar-refractivity contribution in [1.82, 2.24) is 0 Å². The van der Waals surface area contributed by atoms with Gasteiger partial charge >= 0.3 is 0 Å². The van der Waals surface area contributed by atoms with Gasteiger partial charge in [0.2, 0.25) is 0 Å². The van der Waals surface area contributed by atoms with Gasteiger partial charge in [-0.1, -0.05) is 23.7 Å². The van der Waals surface area contributed by atoms with E-state index in [1.54, 1.807) is 12.1 Å². The molecular weight excluding hydrogens is 284 g/mol. The highest BCUT2D eigenvalue weighted by Crippen LogP contribution is 2.27. The van der Waals surface area contributed by atoms with Crippen molar-refractivity contribution in [2.24, 2.45) is 0 Å². The Balaban J connectivity index is 2.23. The molecule has 20 heavy (non-hydrogen) atoms. The van der Waals surface area contributed by atoms with Gasteiger partial charge in [0.1, 0.15) is 10.8 Å². The average Bonchev–Trinajstić information content (AvgIpc) is 2.38. The average molecular weight is 293 g/mol. The number of nitrogens with zero attached hydrogens (tertiary/aromatic N) is 1. The summed E-state index contributed by atoms with van der Waals surface area (Å²) < 4.78 is 0. The zero-order valence-electron chi connectivity index (χ0n) is 10.0. The molecule has 102 valence electrons. The van der Waals surface area contributed by atoms with Crippen molar-refractivity contribution in [1.29, 1.82) is 0 Å². The molecule has 2 aromatic rings. The number of anilines is 1. The van der Waals surface area contributed by atoms with Crippen molar-refractivity contribution in [3.63, 3.8) is 0 Å². The van der Waals surface area contributed by atoms with E-state index >= 15 is 0 Å². The van der Waals surface area contributed by atoms with Gasteiger partial charge in [-0.3, -0.25) is 14.9 Å². The molecule has 0 fully saturated rings. The molecule has 1 amide bonds. The number of nitro groups is 1. The molecule has 0 aliphatic heterocycles. The monoisotopic (exact) mass is 292 g/mol. The number of phenols is 1. The molecule has 0 radical (unpaired) electrons. The number of carbonyl (C=O) groups excluding carboxylic acids is 1. The van der Waals surface area contributed by atoms with Gasteiger partial charge in [-0.2, -0.15) is 0 Å². The van der Waals surface area contributed by atoms with Crippen LogP contribution in [-0.4, -0.2) is 15.9 Å². The molecule has 2 aromatic carbocycles. The van der Waals surface area contributed by atoms with Crippen LogP contribution in [0.15, 0.2) is 42.5 Å². The first-order chi connectivity index (χ1) is 9.49. The maximum absolute atomic E-state index is 11.9. The second-order valence-electron chi connectivity index (χ2n) is 3.89. The fourth-order valence-electron chi connectivity index (χ4n) is 1.60. The van der Waals surface area contributed by atoms with Crippen LogP contribution in [0.5, 0.6) is 5.75 Å². The van der Waals surface area contributed by atoms with Crippen LogP contribution in [0, 0.1) is 10.1 Å². The minimum Gasteiger partial charge on any atom is -0.507 e. The molecule has 0 saturated heterocycles. The second-order valence-corrected chi connectivity index (χ2v) is 4.30. The molecule has 0 unspecified atom stereocenters. The number of hydrogen-bond donors (Lipinski definition) is 2. The second kappa shape index (κ2) is 5.58. The highest BCUT2D eigenvalue weighted by Gasteiger charge is 2.15. The smallest absolute Gasteiger partial charge is 0.288 e. The number of carbonyl (C=O) groups is 1. The first-order valence-electron chi connectivity index (χ1n) is 5.52. The predicted octanol–water partition coefficient (Wildman–Crippen LogP) is 3.21. The molecule has 0 spiro atoms. The van der Waals surface area contributed by atoms with Crippen LogP contribution in [0.25, 0.3) is 0 Å². The molecule has 0 bridgehead atoms. The van der Waals surface area contributed by atoms with Crippen molar-refractivity contribution >= 4 is 28.9 Å². The lowest BCUT2D eigenvalue weighted by atomic mass is 10.2. The van der Waals surface area contributed by atoms with Gasteiger partial charge in [-0.15, -0.1) is 0 Å². The van der Waals surface area contributed by atoms with Gasteiger partial charge in [0.05, 0.1) is 10.5 Å². The van der Waals surface area contributed by atoms with Crippen LogP contribution < -0.4 is 5.32 Å². The molecule has 0 atom stereocenters. The lowest BCUT2D eigenvalue weighted by Crippen LogP contribution is -2.12.